The number of carbonyl (C=O) groups excluding carboxylic acids is 4. The van der Waals surface area contributed by atoms with E-state index in [1.54, 1.807) is 50.4 Å². The van der Waals surface area contributed by atoms with Crippen LogP contribution in [0.15, 0.2) is 58.8 Å². The first-order valence-electron chi connectivity index (χ1n) is 13.4. The molecule has 3 amide bonds. The van der Waals surface area contributed by atoms with Crippen LogP contribution in [0.2, 0.25) is 0 Å². The molecule has 0 spiro atoms. The number of rotatable bonds is 10. The monoisotopic (exact) mass is 657 g/mol. The highest BCUT2D eigenvalue weighted by Gasteiger charge is 2.38. The highest BCUT2D eigenvalue weighted by molar-refractivity contribution is 8.26. The first kappa shape index (κ1) is 33.0. The zero-order chi connectivity index (χ0) is 32.2. The van der Waals surface area contributed by atoms with Gasteiger partial charge in [0.15, 0.2) is 11.6 Å². The summed E-state index contributed by atoms with van der Waals surface area (Å²) in [7, 11) is 0. The average molecular weight is 658 g/mol. The second-order valence-electron chi connectivity index (χ2n) is 10.9. The van der Waals surface area contributed by atoms with Crippen molar-refractivity contribution >= 4 is 75.1 Å². The minimum Gasteiger partial charge on any atom is -0.456 e. The third-order valence-electron chi connectivity index (χ3n) is 6.28. The molecule has 1 atom stereocenters. The Bertz CT molecular complexity index is 1650. The maximum Gasteiger partial charge on any atom is 0.338 e. The van der Waals surface area contributed by atoms with Crippen molar-refractivity contribution < 1.29 is 32.7 Å². The molecule has 1 aromatic heterocycles. The Morgan fingerprint density at radius 3 is 2.41 bits per heavy atom. The van der Waals surface area contributed by atoms with Crippen molar-refractivity contribution in [2.75, 3.05) is 5.32 Å². The molecule has 3 aromatic rings. The Balaban J connectivity index is 1.46. The number of primary amides is 1. The minimum absolute atomic E-state index is 0.0683. The van der Waals surface area contributed by atoms with Gasteiger partial charge in [-0.1, -0.05) is 30.0 Å². The van der Waals surface area contributed by atoms with Crippen LogP contribution in [0.5, 0.6) is 0 Å². The van der Waals surface area contributed by atoms with Crippen molar-refractivity contribution in [2.24, 2.45) is 5.73 Å². The highest BCUT2D eigenvalue weighted by atomic mass is 32.2. The smallest absolute Gasteiger partial charge is 0.338 e. The van der Waals surface area contributed by atoms with E-state index in [0.29, 0.717) is 32.2 Å². The fourth-order valence-electron chi connectivity index (χ4n) is 4.26. The number of esters is 1. The van der Waals surface area contributed by atoms with Crippen molar-refractivity contribution in [3.63, 3.8) is 0 Å². The van der Waals surface area contributed by atoms with Crippen molar-refractivity contribution in [3.05, 3.63) is 80.9 Å². The predicted molar refractivity (Wildman–Crippen MR) is 172 cm³/mol. The topological polar surface area (TPSA) is 119 Å². The van der Waals surface area contributed by atoms with Crippen LogP contribution >= 0.6 is 35.3 Å². The number of hydrogen-bond donors (Lipinski definition) is 2. The van der Waals surface area contributed by atoms with E-state index in [2.05, 4.69) is 5.32 Å². The van der Waals surface area contributed by atoms with Crippen LogP contribution in [0.4, 0.5) is 14.5 Å². The molecule has 2 heterocycles. The number of carbonyl (C=O) groups is 4. The Labute approximate surface area is 266 Å². The molecule has 8 nitrogen and oxygen atoms in total. The summed E-state index contributed by atoms with van der Waals surface area (Å²) in [6.07, 6.45) is 1.52. The summed E-state index contributed by atoms with van der Waals surface area (Å²) in [5.74, 6) is -3.84. The summed E-state index contributed by atoms with van der Waals surface area (Å²) in [5.41, 5.74) is 6.61. The van der Waals surface area contributed by atoms with Gasteiger partial charge in [0.2, 0.25) is 11.8 Å². The molecule has 13 heteroatoms. The Morgan fingerprint density at radius 1 is 1.07 bits per heavy atom. The number of thioether (sulfide) groups is 1. The van der Waals surface area contributed by atoms with E-state index in [4.69, 9.17) is 22.7 Å². The summed E-state index contributed by atoms with van der Waals surface area (Å²) < 4.78 is 32.6. The van der Waals surface area contributed by atoms with Crippen LogP contribution in [-0.2, 0) is 19.1 Å². The lowest BCUT2D eigenvalue weighted by molar-refractivity contribution is -0.126. The number of halogens is 2. The Kier molecular flexibility index (Phi) is 10.3. The third-order valence-corrected chi connectivity index (χ3v) is 8.49. The Morgan fingerprint density at radius 2 is 1.77 bits per heavy atom. The number of amides is 3. The third kappa shape index (κ3) is 8.58. The van der Waals surface area contributed by atoms with Gasteiger partial charge in [0, 0.05) is 29.4 Å². The molecular weight excluding hydrogens is 629 g/mol. The predicted octanol–water partition coefficient (Wildman–Crippen LogP) is 6.51. The first-order chi connectivity index (χ1) is 20.7. The molecule has 4 rings (SSSR count). The molecule has 1 saturated heterocycles. The molecule has 44 heavy (non-hydrogen) atoms. The number of benzene rings is 2. The molecular formula is C31H29F2N3O5S3. The van der Waals surface area contributed by atoms with Gasteiger partial charge in [-0.3, -0.25) is 19.3 Å². The van der Waals surface area contributed by atoms with Crippen LogP contribution < -0.4 is 11.1 Å². The van der Waals surface area contributed by atoms with Crippen molar-refractivity contribution in [2.45, 2.75) is 51.7 Å². The quantitative estimate of drug-likeness (QED) is 0.145. The maximum atomic E-state index is 13.7. The van der Waals surface area contributed by atoms with Crippen LogP contribution in [0.1, 0.15) is 55.3 Å². The molecule has 230 valence electrons. The van der Waals surface area contributed by atoms with Crippen LogP contribution in [0, 0.1) is 11.6 Å². The fourth-order valence-corrected chi connectivity index (χ4v) is 6.58. The van der Waals surface area contributed by atoms with Gasteiger partial charge in [0.1, 0.15) is 9.92 Å². The minimum atomic E-state index is -0.958. The highest BCUT2D eigenvalue weighted by Crippen LogP contribution is 2.37. The van der Waals surface area contributed by atoms with E-state index in [9.17, 15) is 28.0 Å². The van der Waals surface area contributed by atoms with Gasteiger partial charge in [-0.2, -0.15) is 0 Å². The largest absolute Gasteiger partial charge is 0.456 e. The molecule has 0 bridgehead atoms. The first-order valence-corrected chi connectivity index (χ1v) is 15.5. The van der Waals surface area contributed by atoms with Gasteiger partial charge in [-0.25, -0.2) is 13.6 Å². The molecule has 1 fully saturated rings. The number of anilines is 1. The van der Waals surface area contributed by atoms with Gasteiger partial charge in [0.05, 0.1) is 10.5 Å². The lowest BCUT2D eigenvalue weighted by atomic mass is 10.0. The summed E-state index contributed by atoms with van der Waals surface area (Å²) in [4.78, 5) is 52.7. The lowest BCUT2D eigenvalue weighted by Gasteiger charge is -2.26. The summed E-state index contributed by atoms with van der Waals surface area (Å²) in [5, 5.41) is 4.51. The van der Waals surface area contributed by atoms with Gasteiger partial charge in [-0.05, 0) is 92.2 Å². The SMILES string of the molecule is CC(C)(C)OC(=O)c1ccc(NC(=O)C[C@H](CCC(N)=O)N2C(=O)C(=Cc3cc(-c4ccc(F)c(F)c4)cs3)SC2=S)cc1. The lowest BCUT2D eigenvalue weighted by Crippen LogP contribution is -2.41. The van der Waals surface area contributed by atoms with Crippen LogP contribution in [-0.4, -0.2) is 44.6 Å². The van der Waals surface area contributed by atoms with E-state index in [1.807, 2.05) is 0 Å². The van der Waals surface area contributed by atoms with Crippen molar-refractivity contribution in [1.29, 1.82) is 0 Å². The molecule has 0 aliphatic carbocycles. The fraction of sp³-hybridized carbons (Fsp3) is 0.258. The number of hydrogen-bond acceptors (Lipinski definition) is 8. The molecule has 0 saturated carbocycles. The molecule has 3 N–H and O–H groups in total. The number of nitrogens with two attached hydrogens (primary N) is 1. The number of nitrogens with zero attached hydrogens (tertiary/aromatic N) is 1. The van der Waals surface area contributed by atoms with E-state index in [1.165, 1.54) is 34.4 Å². The second-order valence-corrected chi connectivity index (χ2v) is 13.5. The van der Waals surface area contributed by atoms with Crippen molar-refractivity contribution in [3.8, 4) is 11.1 Å². The standard InChI is InChI=1S/C31H29F2N3O5S3/c1-31(2,3)41-29(40)17-4-7-20(8-5-17)35-27(38)14-21(9-11-26(34)37)36-28(39)25(44-30(36)42)15-22-12-19(16-43-22)18-6-10-23(32)24(33)13-18/h4-8,10,12-13,15-16,21H,9,11,14H2,1-3H3,(H2,34,37)(H,35,38)/t21-/m0/s1. The molecule has 1 aliphatic rings. The normalized spacial score (nSPS) is 15.0. The van der Waals surface area contributed by atoms with E-state index in [0.717, 1.165) is 23.9 Å². The number of thiophene rings is 1. The van der Waals surface area contributed by atoms with Gasteiger partial charge in [-0.15, -0.1) is 11.3 Å². The van der Waals surface area contributed by atoms with E-state index < -0.39 is 47.0 Å². The van der Waals surface area contributed by atoms with Crippen LogP contribution in [0.3, 0.4) is 0 Å². The molecule has 0 radical (unpaired) electrons. The van der Waals surface area contributed by atoms with Crippen molar-refractivity contribution in [1.82, 2.24) is 4.90 Å². The molecule has 1 aliphatic heterocycles. The second kappa shape index (κ2) is 13.8. The zero-order valence-corrected chi connectivity index (χ0v) is 26.5. The van der Waals surface area contributed by atoms with Gasteiger partial charge < -0.3 is 15.8 Å². The van der Waals surface area contributed by atoms with Gasteiger partial charge >= 0.3 is 5.97 Å². The van der Waals surface area contributed by atoms with E-state index in [-0.39, 0.29) is 23.6 Å². The van der Waals surface area contributed by atoms with Gasteiger partial charge in [0.25, 0.3) is 5.91 Å². The Hall–Kier alpha value is -3.94. The number of thiocarbonyl (C=S) groups is 1. The number of ether oxygens (including phenoxy) is 1. The zero-order valence-electron chi connectivity index (χ0n) is 24.0. The molecule has 0 unspecified atom stereocenters. The molecule has 2 aromatic carbocycles. The maximum absolute atomic E-state index is 13.7. The van der Waals surface area contributed by atoms with E-state index >= 15 is 0 Å². The summed E-state index contributed by atoms with van der Waals surface area (Å²) in [6.45, 7) is 5.29. The average Bonchev–Trinajstić information content (AvgIpc) is 3.51. The number of nitrogens with one attached hydrogen (secondary N) is 1. The van der Waals surface area contributed by atoms with Crippen LogP contribution in [0.25, 0.3) is 17.2 Å². The summed E-state index contributed by atoms with van der Waals surface area (Å²) >= 11 is 7.87. The summed E-state index contributed by atoms with van der Waals surface area (Å²) in [6, 6.07) is 10.8.